The van der Waals surface area contributed by atoms with Crippen molar-refractivity contribution in [1.82, 2.24) is 10.3 Å². The molecular formula is C22H17ClF3N3O2. The minimum Gasteiger partial charge on any atom is -0.456 e. The molecule has 1 aliphatic rings. The topological polar surface area (TPSA) is 63.2 Å². The Hall–Kier alpha value is -3.26. The van der Waals surface area contributed by atoms with E-state index < -0.39 is 28.3 Å². The van der Waals surface area contributed by atoms with E-state index in [9.17, 15) is 18.0 Å². The maximum absolute atomic E-state index is 13.0. The first kappa shape index (κ1) is 21.0. The van der Waals surface area contributed by atoms with Crippen LogP contribution < -0.4 is 15.4 Å². The SMILES string of the molecule is O=C(Nc1ccc(Cl)c(C(F)(F)F)c1)NC1(c2ccc(Oc3cccnc3)cc2)CC1. The molecule has 31 heavy (non-hydrogen) atoms. The third-order valence-corrected chi connectivity index (χ3v) is 5.24. The van der Waals surface area contributed by atoms with E-state index in [-0.39, 0.29) is 5.69 Å². The van der Waals surface area contributed by atoms with Crippen LogP contribution in [0.25, 0.3) is 0 Å². The molecule has 1 fully saturated rings. The van der Waals surface area contributed by atoms with Crippen LogP contribution in [0.3, 0.4) is 0 Å². The molecule has 0 radical (unpaired) electrons. The predicted octanol–water partition coefficient (Wildman–Crippen LogP) is 6.36. The minimum atomic E-state index is -4.61. The number of carbonyl (C=O) groups excluding carboxylic acids is 1. The Morgan fingerprint density at radius 1 is 1.06 bits per heavy atom. The molecule has 9 heteroatoms. The van der Waals surface area contributed by atoms with Gasteiger partial charge in [0, 0.05) is 11.9 Å². The van der Waals surface area contributed by atoms with Gasteiger partial charge in [0.05, 0.1) is 22.3 Å². The van der Waals surface area contributed by atoms with E-state index in [1.165, 1.54) is 6.07 Å². The molecule has 5 nitrogen and oxygen atoms in total. The van der Waals surface area contributed by atoms with Crippen molar-refractivity contribution in [3.8, 4) is 11.5 Å². The molecule has 1 heterocycles. The summed E-state index contributed by atoms with van der Waals surface area (Å²) in [6.45, 7) is 0. The molecule has 160 valence electrons. The third-order valence-electron chi connectivity index (χ3n) is 4.91. The van der Waals surface area contributed by atoms with Gasteiger partial charge in [-0.05, 0) is 60.9 Å². The summed E-state index contributed by atoms with van der Waals surface area (Å²) in [6, 6.07) is 13.5. The molecule has 0 bridgehead atoms. The van der Waals surface area contributed by atoms with Gasteiger partial charge in [-0.1, -0.05) is 23.7 Å². The average molecular weight is 448 g/mol. The molecule has 0 unspecified atom stereocenters. The molecule has 3 aromatic rings. The van der Waals surface area contributed by atoms with Gasteiger partial charge in [0.2, 0.25) is 0 Å². The Kier molecular flexibility index (Phi) is 5.49. The van der Waals surface area contributed by atoms with Gasteiger partial charge in [-0.25, -0.2) is 4.79 Å². The van der Waals surface area contributed by atoms with Gasteiger partial charge in [0.25, 0.3) is 0 Å². The second kappa shape index (κ2) is 8.11. The lowest BCUT2D eigenvalue weighted by Gasteiger charge is -2.19. The Morgan fingerprint density at radius 2 is 1.81 bits per heavy atom. The molecule has 1 aromatic heterocycles. The van der Waals surface area contributed by atoms with Crippen molar-refractivity contribution >= 4 is 23.3 Å². The molecule has 0 aliphatic heterocycles. The van der Waals surface area contributed by atoms with Crippen LogP contribution in [0.2, 0.25) is 5.02 Å². The predicted molar refractivity (Wildman–Crippen MR) is 110 cm³/mol. The van der Waals surface area contributed by atoms with Gasteiger partial charge in [-0.2, -0.15) is 13.2 Å². The first-order valence-corrected chi connectivity index (χ1v) is 9.77. The third kappa shape index (κ3) is 4.91. The smallest absolute Gasteiger partial charge is 0.417 e. The highest BCUT2D eigenvalue weighted by Gasteiger charge is 2.45. The van der Waals surface area contributed by atoms with E-state index in [4.69, 9.17) is 16.3 Å². The number of hydrogen-bond acceptors (Lipinski definition) is 3. The second-order valence-electron chi connectivity index (χ2n) is 7.17. The van der Waals surface area contributed by atoms with Crippen LogP contribution in [0.1, 0.15) is 24.0 Å². The fraction of sp³-hybridized carbons (Fsp3) is 0.182. The van der Waals surface area contributed by atoms with Crippen LogP contribution in [-0.2, 0) is 11.7 Å². The lowest BCUT2D eigenvalue weighted by molar-refractivity contribution is -0.137. The number of urea groups is 1. The van der Waals surface area contributed by atoms with Gasteiger partial charge >= 0.3 is 12.2 Å². The number of nitrogens with one attached hydrogen (secondary N) is 2. The number of benzene rings is 2. The molecule has 1 aliphatic carbocycles. The van der Waals surface area contributed by atoms with Gasteiger partial charge < -0.3 is 15.4 Å². The largest absolute Gasteiger partial charge is 0.456 e. The van der Waals surface area contributed by atoms with Crippen LogP contribution in [-0.4, -0.2) is 11.0 Å². The van der Waals surface area contributed by atoms with Crippen LogP contribution in [0, 0.1) is 0 Å². The van der Waals surface area contributed by atoms with Gasteiger partial charge in [0.15, 0.2) is 0 Å². The van der Waals surface area contributed by atoms with E-state index in [0.29, 0.717) is 11.5 Å². The van der Waals surface area contributed by atoms with Crippen molar-refractivity contribution in [2.45, 2.75) is 24.6 Å². The first-order chi connectivity index (χ1) is 14.7. The number of pyridine rings is 1. The summed E-state index contributed by atoms with van der Waals surface area (Å²) >= 11 is 5.62. The summed E-state index contributed by atoms with van der Waals surface area (Å²) in [6.07, 6.45) is 0.0819. The number of carbonyl (C=O) groups is 1. The summed E-state index contributed by atoms with van der Waals surface area (Å²) in [5.41, 5.74) is -0.674. The number of halogens is 4. The molecule has 2 N–H and O–H groups in total. The summed E-state index contributed by atoms with van der Waals surface area (Å²) < 4.78 is 44.7. The second-order valence-corrected chi connectivity index (χ2v) is 7.58. The quantitative estimate of drug-likeness (QED) is 0.478. The van der Waals surface area contributed by atoms with Gasteiger partial charge in [-0.3, -0.25) is 4.98 Å². The highest BCUT2D eigenvalue weighted by atomic mass is 35.5. The number of anilines is 1. The van der Waals surface area contributed by atoms with E-state index in [1.54, 1.807) is 36.7 Å². The van der Waals surface area contributed by atoms with E-state index in [0.717, 1.165) is 30.5 Å². The van der Waals surface area contributed by atoms with Crippen molar-refractivity contribution in [2.24, 2.45) is 0 Å². The fourth-order valence-electron chi connectivity index (χ4n) is 3.20. The van der Waals surface area contributed by atoms with Crippen LogP contribution in [0.4, 0.5) is 23.7 Å². The molecule has 0 atom stereocenters. The number of ether oxygens (including phenoxy) is 1. The number of aromatic nitrogens is 1. The maximum atomic E-state index is 13.0. The van der Waals surface area contributed by atoms with Crippen molar-refractivity contribution < 1.29 is 22.7 Å². The Bertz CT molecular complexity index is 1090. The summed E-state index contributed by atoms with van der Waals surface area (Å²) in [7, 11) is 0. The van der Waals surface area contributed by atoms with E-state index >= 15 is 0 Å². The lowest BCUT2D eigenvalue weighted by Crippen LogP contribution is -2.38. The van der Waals surface area contributed by atoms with Crippen LogP contribution in [0.15, 0.2) is 67.0 Å². The van der Waals surface area contributed by atoms with Crippen molar-refractivity contribution in [1.29, 1.82) is 0 Å². The summed E-state index contributed by atoms with van der Waals surface area (Å²) in [5.74, 6) is 1.23. The first-order valence-electron chi connectivity index (χ1n) is 9.40. The van der Waals surface area contributed by atoms with E-state index in [2.05, 4.69) is 15.6 Å². The maximum Gasteiger partial charge on any atom is 0.417 e. The Morgan fingerprint density at radius 3 is 2.42 bits per heavy atom. The number of amides is 2. The molecule has 0 spiro atoms. The van der Waals surface area contributed by atoms with E-state index in [1.807, 2.05) is 12.1 Å². The van der Waals surface area contributed by atoms with Crippen LogP contribution in [0.5, 0.6) is 11.5 Å². The van der Waals surface area contributed by atoms with Gasteiger partial charge in [0.1, 0.15) is 11.5 Å². The number of alkyl halides is 3. The lowest BCUT2D eigenvalue weighted by atomic mass is 10.1. The Balaban J connectivity index is 1.42. The normalized spacial score (nSPS) is 14.6. The van der Waals surface area contributed by atoms with Crippen LogP contribution >= 0.6 is 11.6 Å². The highest BCUT2D eigenvalue weighted by molar-refractivity contribution is 6.31. The Labute approximate surface area is 181 Å². The number of rotatable bonds is 5. The average Bonchev–Trinajstić information content (AvgIpc) is 3.50. The van der Waals surface area contributed by atoms with Crippen molar-refractivity contribution in [2.75, 3.05) is 5.32 Å². The fourth-order valence-corrected chi connectivity index (χ4v) is 3.42. The molecule has 4 rings (SSSR count). The number of hydrogen-bond donors (Lipinski definition) is 2. The summed E-state index contributed by atoms with van der Waals surface area (Å²) in [5, 5.41) is 4.89. The number of nitrogens with zero attached hydrogens (tertiary/aromatic N) is 1. The van der Waals surface area contributed by atoms with Crippen molar-refractivity contribution in [3.05, 3.63) is 83.1 Å². The molecular weight excluding hydrogens is 431 g/mol. The zero-order chi connectivity index (χ0) is 22.1. The zero-order valence-electron chi connectivity index (χ0n) is 16.0. The molecule has 2 amide bonds. The van der Waals surface area contributed by atoms with Crippen molar-refractivity contribution in [3.63, 3.8) is 0 Å². The van der Waals surface area contributed by atoms with Gasteiger partial charge in [-0.15, -0.1) is 0 Å². The molecule has 2 aromatic carbocycles. The zero-order valence-corrected chi connectivity index (χ0v) is 16.8. The standard InChI is InChI=1S/C22H17ClF3N3O2/c23-19-8-5-15(12-18(19)22(24,25)26)28-20(30)29-21(9-10-21)14-3-6-16(7-4-14)31-17-2-1-11-27-13-17/h1-8,11-13H,9-10H2,(H2,28,29,30). The molecule has 0 saturated heterocycles. The monoisotopic (exact) mass is 447 g/mol. The minimum absolute atomic E-state index is 0.00486. The molecule has 1 saturated carbocycles. The highest BCUT2D eigenvalue weighted by Crippen LogP contribution is 2.46. The summed E-state index contributed by atoms with van der Waals surface area (Å²) in [4.78, 5) is 16.4.